The molecule has 3 unspecified atom stereocenters. The van der Waals surface area contributed by atoms with E-state index in [4.69, 9.17) is 0 Å². The monoisotopic (exact) mass is 248 g/mol. The van der Waals surface area contributed by atoms with Crippen LogP contribution in [-0.2, 0) is 0 Å². The molecule has 2 rings (SSSR count). The summed E-state index contributed by atoms with van der Waals surface area (Å²) in [5.41, 5.74) is 0. The molecule has 18 heavy (non-hydrogen) atoms. The van der Waals surface area contributed by atoms with Crippen LogP contribution in [0.1, 0.15) is 72.1 Å². The van der Waals surface area contributed by atoms with E-state index in [0.29, 0.717) is 0 Å². The third-order valence-corrected chi connectivity index (χ3v) is 5.66. The Labute approximate surface area is 115 Å². The Kier molecular flexibility index (Phi) is 5.64. The molecule has 0 nitrogen and oxygen atoms in total. The van der Waals surface area contributed by atoms with Gasteiger partial charge in [0.25, 0.3) is 0 Å². The first-order chi connectivity index (χ1) is 8.74. The molecule has 0 aromatic rings. The van der Waals surface area contributed by atoms with Gasteiger partial charge in [0.15, 0.2) is 0 Å². The maximum Gasteiger partial charge on any atom is 0.142 e. The molecule has 0 aromatic heterocycles. The molecule has 0 amide bonds. The summed E-state index contributed by atoms with van der Waals surface area (Å²) in [7, 11) is 0. The summed E-state index contributed by atoms with van der Waals surface area (Å²) in [5.74, 6) is 4.34. The van der Waals surface area contributed by atoms with E-state index >= 15 is 0 Å². The second kappa shape index (κ2) is 7.01. The number of hydrogen-bond donors (Lipinski definition) is 0. The Morgan fingerprint density at radius 1 is 1.00 bits per heavy atom. The van der Waals surface area contributed by atoms with Crippen LogP contribution in [0.4, 0.5) is 0 Å². The molecule has 2 aliphatic heterocycles. The molecule has 104 valence electrons. The van der Waals surface area contributed by atoms with Gasteiger partial charge in [-0.25, -0.2) is 0 Å². The summed E-state index contributed by atoms with van der Waals surface area (Å²) in [6, 6.07) is 0. The Morgan fingerprint density at radius 2 is 1.78 bits per heavy atom. The summed E-state index contributed by atoms with van der Waals surface area (Å²) in [5, 5.41) is 0. The smallest absolute Gasteiger partial charge is 0.0776 e. The molecular formula is C17H33B. The van der Waals surface area contributed by atoms with Crippen LogP contribution in [0.3, 0.4) is 0 Å². The third-order valence-electron chi connectivity index (χ3n) is 5.66. The van der Waals surface area contributed by atoms with Crippen LogP contribution in [0, 0.1) is 17.8 Å². The van der Waals surface area contributed by atoms with E-state index in [-0.39, 0.29) is 0 Å². The van der Waals surface area contributed by atoms with Gasteiger partial charge < -0.3 is 0 Å². The molecule has 0 bridgehead atoms. The second-order valence-electron chi connectivity index (χ2n) is 7.36. The van der Waals surface area contributed by atoms with Gasteiger partial charge in [0.1, 0.15) is 6.71 Å². The largest absolute Gasteiger partial charge is 0.142 e. The van der Waals surface area contributed by atoms with E-state index < -0.39 is 0 Å². The fourth-order valence-electron chi connectivity index (χ4n) is 4.50. The van der Waals surface area contributed by atoms with Crippen LogP contribution in [0.5, 0.6) is 0 Å². The van der Waals surface area contributed by atoms with Crippen molar-refractivity contribution in [3.05, 3.63) is 0 Å². The zero-order valence-corrected chi connectivity index (χ0v) is 13.0. The number of rotatable bonds is 9. The van der Waals surface area contributed by atoms with Crippen molar-refractivity contribution < 1.29 is 0 Å². The maximum absolute atomic E-state index is 2.45. The van der Waals surface area contributed by atoms with Crippen LogP contribution in [0.2, 0.25) is 18.5 Å². The van der Waals surface area contributed by atoms with Gasteiger partial charge >= 0.3 is 0 Å². The fraction of sp³-hybridized carbons (Fsp3) is 1.00. The molecule has 2 saturated heterocycles. The molecule has 0 radical (unpaired) electrons. The van der Waals surface area contributed by atoms with Gasteiger partial charge in [-0.2, -0.15) is 0 Å². The average molecular weight is 248 g/mol. The lowest BCUT2D eigenvalue weighted by Gasteiger charge is -2.25. The van der Waals surface area contributed by atoms with E-state index in [0.717, 1.165) is 17.8 Å². The topological polar surface area (TPSA) is 0 Å². The van der Waals surface area contributed by atoms with Crippen LogP contribution in [-0.4, -0.2) is 6.71 Å². The van der Waals surface area contributed by atoms with Crippen molar-refractivity contribution >= 4 is 6.71 Å². The van der Waals surface area contributed by atoms with Crippen molar-refractivity contribution in [3.63, 3.8) is 0 Å². The highest BCUT2D eigenvalue weighted by atomic mass is 14.4. The lowest BCUT2D eigenvalue weighted by molar-refractivity contribution is 0.289. The average Bonchev–Trinajstić information content (AvgIpc) is 2.95. The van der Waals surface area contributed by atoms with Crippen molar-refractivity contribution in [2.75, 3.05) is 0 Å². The SMILES string of the molecule is CCCC(CCC[C@H](C)CCC)C1CB2CC2C1. The van der Waals surface area contributed by atoms with Crippen molar-refractivity contribution in [2.45, 2.75) is 90.6 Å². The second-order valence-corrected chi connectivity index (χ2v) is 7.36. The summed E-state index contributed by atoms with van der Waals surface area (Å²) < 4.78 is 0. The number of fused-ring (bicyclic) bond motifs is 1. The first kappa shape index (κ1) is 14.5. The van der Waals surface area contributed by atoms with Gasteiger partial charge in [0.2, 0.25) is 0 Å². The van der Waals surface area contributed by atoms with Crippen LogP contribution >= 0.6 is 0 Å². The van der Waals surface area contributed by atoms with Gasteiger partial charge in [0.05, 0.1) is 0 Å². The van der Waals surface area contributed by atoms with Gasteiger partial charge in [-0.1, -0.05) is 90.6 Å². The molecule has 1 heteroatoms. The van der Waals surface area contributed by atoms with Crippen molar-refractivity contribution in [1.29, 1.82) is 0 Å². The first-order valence-corrected chi connectivity index (χ1v) is 8.74. The molecule has 4 atom stereocenters. The van der Waals surface area contributed by atoms with E-state index in [2.05, 4.69) is 20.8 Å². The molecule has 0 aromatic carbocycles. The standard InChI is InChI=1S/C17H33B/c1-4-7-14(3)9-6-10-15(8-5-2)16-11-17-13-18(17)12-16/h14-17H,4-13H2,1-3H3/t14-,15?,16?,17?/m1/s1. The zero-order valence-electron chi connectivity index (χ0n) is 13.0. The van der Waals surface area contributed by atoms with E-state index in [1.165, 1.54) is 57.5 Å². The normalized spacial score (nSPS) is 29.2. The first-order valence-electron chi connectivity index (χ1n) is 8.74. The zero-order chi connectivity index (χ0) is 13.0. The predicted molar refractivity (Wildman–Crippen MR) is 83.5 cm³/mol. The van der Waals surface area contributed by atoms with Crippen LogP contribution < -0.4 is 0 Å². The predicted octanol–water partition coefficient (Wildman–Crippen LogP) is 5.91. The Bertz CT molecular complexity index is 228. The molecule has 0 N–H and O–H groups in total. The lowest BCUT2D eigenvalue weighted by Crippen LogP contribution is -2.14. The summed E-state index contributed by atoms with van der Waals surface area (Å²) in [6.07, 6.45) is 15.0. The molecule has 2 heterocycles. The highest BCUT2D eigenvalue weighted by molar-refractivity contribution is 6.72. The highest BCUT2D eigenvalue weighted by Gasteiger charge is 2.49. The minimum absolute atomic E-state index is 0.967. The van der Waals surface area contributed by atoms with Gasteiger partial charge in [-0.05, 0) is 17.8 Å². The van der Waals surface area contributed by atoms with E-state index in [9.17, 15) is 0 Å². The quantitative estimate of drug-likeness (QED) is 0.445. The Morgan fingerprint density at radius 3 is 2.39 bits per heavy atom. The molecule has 0 spiro atoms. The highest BCUT2D eigenvalue weighted by Crippen LogP contribution is 2.56. The minimum atomic E-state index is 0.967. The van der Waals surface area contributed by atoms with Crippen molar-refractivity contribution in [1.82, 2.24) is 0 Å². The molecular weight excluding hydrogens is 215 g/mol. The molecule has 2 aliphatic rings. The van der Waals surface area contributed by atoms with E-state index in [1.54, 1.807) is 19.1 Å². The third kappa shape index (κ3) is 4.03. The Balaban J connectivity index is 1.66. The Hall–Kier alpha value is 0.0649. The van der Waals surface area contributed by atoms with Gasteiger partial charge in [-0.15, -0.1) is 0 Å². The molecule has 0 aliphatic carbocycles. The summed E-state index contributed by atoms with van der Waals surface area (Å²) in [4.78, 5) is 0. The maximum atomic E-state index is 2.45. The summed E-state index contributed by atoms with van der Waals surface area (Å²) >= 11 is 0. The lowest BCUT2D eigenvalue weighted by atomic mass is 9.64. The van der Waals surface area contributed by atoms with Crippen LogP contribution in [0.15, 0.2) is 0 Å². The number of hydrogen-bond acceptors (Lipinski definition) is 0. The minimum Gasteiger partial charge on any atom is -0.0776 e. The van der Waals surface area contributed by atoms with Crippen LogP contribution in [0.25, 0.3) is 0 Å². The van der Waals surface area contributed by atoms with Gasteiger partial charge in [0, 0.05) is 0 Å². The van der Waals surface area contributed by atoms with E-state index in [1.807, 2.05) is 0 Å². The molecule has 0 saturated carbocycles. The van der Waals surface area contributed by atoms with Gasteiger partial charge in [-0.3, -0.25) is 0 Å². The fourth-order valence-corrected chi connectivity index (χ4v) is 4.50. The molecule has 2 fully saturated rings. The summed E-state index contributed by atoms with van der Waals surface area (Å²) in [6.45, 7) is 8.32. The van der Waals surface area contributed by atoms with Crippen molar-refractivity contribution in [3.8, 4) is 0 Å². The van der Waals surface area contributed by atoms with Crippen molar-refractivity contribution in [2.24, 2.45) is 17.8 Å².